The third-order valence-corrected chi connectivity index (χ3v) is 2.25. The number of benzene rings is 1. The first kappa shape index (κ1) is 11.9. The third kappa shape index (κ3) is 3.13. The molecule has 0 aliphatic carbocycles. The second-order valence-corrected chi connectivity index (χ2v) is 3.98. The van der Waals surface area contributed by atoms with Gasteiger partial charge in [-0.05, 0) is 32.0 Å². The Labute approximate surface area is 94.8 Å². The number of rotatable bonds is 3. The molecular weight excluding hydrogens is 212 g/mol. The molecule has 15 heavy (non-hydrogen) atoms. The molecule has 1 amide bonds. The normalized spacial score (nSPS) is 10.2. The average molecular weight is 227 g/mol. The summed E-state index contributed by atoms with van der Waals surface area (Å²) < 4.78 is 0. The minimum Gasteiger partial charge on any atom is -0.387 e. The highest BCUT2D eigenvalue weighted by atomic mass is 35.5. The first-order valence-electron chi connectivity index (χ1n) is 4.82. The van der Waals surface area contributed by atoms with Crippen molar-refractivity contribution in [3.05, 3.63) is 28.8 Å². The van der Waals surface area contributed by atoms with Gasteiger partial charge in [-0.25, -0.2) is 0 Å². The molecule has 0 heterocycles. The molecule has 0 fully saturated rings. The van der Waals surface area contributed by atoms with Crippen LogP contribution in [0.1, 0.15) is 24.2 Å². The number of anilines is 1. The van der Waals surface area contributed by atoms with Gasteiger partial charge in [-0.1, -0.05) is 11.6 Å². The van der Waals surface area contributed by atoms with E-state index in [9.17, 15) is 4.79 Å². The molecule has 4 heteroatoms. The number of hydrogen-bond donors (Lipinski definition) is 2. The van der Waals surface area contributed by atoms with Crippen LogP contribution in [0.2, 0.25) is 5.02 Å². The Balaban J connectivity index is 2.91. The zero-order valence-electron chi connectivity index (χ0n) is 9.10. The zero-order chi connectivity index (χ0) is 11.4. The first-order chi connectivity index (χ1) is 7.04. The highest BCUT2D eigenvalue weighted by Gasteiger charge is 2.08. The fourth-order valence-corrected chi connectivity index (χ4v) is 1.42. The Morgan fingerprint density at radius 2 is 2.07 bits per heavy atom. The van der Waals surface area contributed by atoms with E-state index < -0.39 is 0 Å². The molecule has 82 valence electrons. The molecule has 2 N–H and O–H groups in total. The maximum Gasteiger partial charge on any atom is 0.251 e. The lowest BCUT2D eigenvalue weighted by molar-refractivity contribution is 0.0943. The molecule has 0 saturated heterocycles. The second kappa shape index (κ2) is 5.03. The SMILES string of the molecule is CNc1cc(C(=O)NC(C)C)ccc1Cl. The number of nitrogens with one attached hydrogen (secondary N) is 2. The van der Waals surface area contributed by atoms with Crippen LogP contribution in [-0.4, -0.2) is 19.0 Å². The molecule has 0 bridgehead atoms. The van der Waals surface area contributed by atoms with E-state index in [1.807, 2.05) is 13.8 Å². The Morgan fingerprint density at radius 1 is 1.40 bits per heavy atom. The van der Waals surface area contributed by atoms with Gasteiger partial charge < -0.3 is 10.6 Å². The van der Waals surface area contributed by atoms with Crippen molar-refractivity contribution >= 4 is 23.2 Å². The van der Waals surface area contributed by atoms with E-state index >= 15 is 0 Å². The zero-order valence-corrected chi connectivity index (χ0v) is 9.85. The standard InChI is InChI=1S/C11H15ClN2O/c1-7(2)14-11(15)8-4-5-9(12)10(6-8)13-3/h4-7,13H,1-3H3,(H,14,15). The maximum absolute atomic E-state index is 11.7. The lowest BCUT2D eigenvalue weighted by atomic mass is 10.2. The van der Waals surface area contributed by atoms with Crippen molar-refractivity contribution in [2.75, 3.05) is 12.4 Å². The lowest BCUT2D eigenvalue weighted by Gasteiger charge is -2.10. The molecular formula is C11H15ClN2O. The smallest absolute Gasteiger partial charge is 0.251 e. The van der Waals surface area contributed by atoms with E-state index in [1.165, 1.54) is 0 Å². The highest BCUT2D eigenvalue weighted by molar-refractivity contribution is 6.33. The Hall–Kier alpha value is -1.22. The van der Waals surface area contributed by atoms with Crippen molar-refractivity contribution < 1.29 is 4.79 Å². The summed E-state index contributed by atoms with van der Waals surface area (Å²) in [5, 5.41) is 6.36. The van der Waals surface area contributed by atoms with E-state index in [2.05, 4.69) is 10.6 Å². The molecule has 1 aromatic carbocycles. The van der Waals surface area contributed by atoms with Crippen molar-refractivity contribution in [1.29, 1.82) is 0 Å². The molecule has 0 aliphatic rings. The van der Waals surface area contributed by atoms with Crippen molar-refractivity contribution in [3.63, 3.8) is 0 Å². The van der Waals surface area contributed by atoms with Crippen LogP contribution in [0.15, 0.2) is 18.2 Å². The molecule has 1 rings (SSSR count). The predicted octanol–water partition coefficient (Wildman–Crippen LogP) is 2.52. The van der Waals surface area contributed by atoms with Gasteiger partial charge in [0.1, 0.15) is 0 Å². The molecule has 0 saturated carbocycles. The van der Waals surface area contributed by atoms with E-state index in [0.29, 0.717) is 10.6 Å². The Bertz CT molecular complexity index is 364. The quantitative estimate of drug-likeness (QED) is 0.832. The van der Waals surface area contributed by atoms with Gasteiger partial charge in [0.25, 0.3) is 5.91 Å². The van der Waals surface area contributed by atoms with Crippen LogP contribution >= 0.6 is 11.6 Å². The van der Waals surface area contributed by atoms with Crippen molar-refractivity contribution in [1.82, 2.24) is 5.32 Å². The van der Waals surface area contributed by atoms with Gasteiger partial charge in [0.05, 0.1) is 10.7 Å². The lowest BCUT2D eigenvalue weighted by Crippen LogP contribution is -2.30. The minimum absolute atomic E-state index is 0.0850. The highest BCUT2D eigenvalue weighted by Crippen LogP contribution is 2.22. The Morgan fingerprint density at radius 3 is 2.60 bits per heavy atom. The van der Waals surface area contributed by atoms with Gasteiger partial charge in [0, 0.05) is 18.7 Å². The summed E-state index contributed by atoms with van der Waals surface area (Å²) >= 11 is 5.91. The Kier molecular flexibility index (Phi) is 3.97. The summed E-state index contributed by atoms with van der Waals surface area (Å²) in [4.78, 5) is 11.7. The summed E-state index contributed by atoms with van der Waals surface area (Å²) in [7, 11) is 1.77. The van der Waals surface area contributed by atoms with Crippen LogP contribution in [-0.2, 0) is 0 Å². The van der Waals surface area contributed by atoms with Gasteiger partial charge in [0.15, 0.2) is 0 Å². The minimum atomic E-state index is -0.0850. The summed E-state index contributed by atoms with van der Waals surface area (Å²) in [6.07, 6.45) is 0. The molecule has 0 unspecified atom stereocenters. The van der Waals surface area contributed by atoms with E-state index in [4.69, 9.17) is 11.6 Å². The van der Waals surface area contributed by atoms with Crippen LogP contribution in [0.3, 0.4) is 0 Å². The third-order valence-electron chi connectivity index (χ3n) is 1.92. The van der Waals surface area contributed by atoms with Crippen molar-refractivity contribution in [2.45, 2.75) is 19.9 Å². The number of halogens is 1. The topological polar surface area (TPSA) is 41.1 Å². The van der Waals surface area contributed by atoms with E-state index in [-0.39, 0.29) is 11.9 Å². The van der Waals surface area contributed by atoms with E-state index in [0.717, 1.165) is 5.69 Å². The fraction of sp³-hybridized carbons (Fsp3) is 0.364. The second-order valence-electron chi connectivity index (χ2n) is 3.57. The summed E-state index contributed by atoms with van der Waals surface area (Å²) in [6.45, 7) is 3.85. The molecule has 0 aliphatic heterocycles. The number of hydrogen-bond acceptors (Lipinski definition) is 2. The van der Waals surface area contributed by atoms with Crippen LogP contribution < -0.4 is 10.6 Å². The van der Waals surface area contributed by atoms with Crippen molar-refractivity contribution in [3.8, 4) is 0 Å². The molecule has 0 spiro atoms. The maximum atomic E-state index is 11.7. The van der Waals surface area contributed by atoms with Crippen LogP contribution in [0.25, 0.3) is 0 Å². The largest absolute Gasteiger partial charge is 0.387 e. The summed E-state index contributed by atoms with van der Waals surface area (Å²) in [6, 6.07) is 5.29. The fourth-order valence-electron chi connectivity index (χ4n) is 1.20. The summed E-state index contributed by atoms with van der Waals surface area (Å²) in [5.74, 6) is -0.0850. The molecule has 1 aromatic rings. The number of carbonyl (C=O) groups excluding carboxylic acids is 1. The van der Waals surface area contributed by atoms with Crippen molar-refractivity contribution in [2.24, 2.45) is 0 Å². The summed E-state index contributed by atoms with van der Waals surface area (Å²) in [5.41, 5.74) is 1.37. The predicted molar refractivity (Wildman–Crippen MR) is 63.6 cm³/mol. The monoisotopic (exact) mass is 226 g/mol. The van der Waals surface area contributed by atoms with Gasteiger partial charge in [0.2, 0.25) is 0 Å². The van der Waals surface area contributed by atoms with Crippen LogP contribution in [0.5, 0.6) is 0 Å². The average Bonchev–Trinajstić information content (AvgIpc) is 2.17. The van der Waals surface area contributed by atoms with Gasteiger partial charge in [-0.2, -0.15) is 0 Å². The van der Waals surface area contributed by atoms with Gasteiger partial charge >= 0.3 is 0 Å². The van der Waals surface area contributed by atoms with Gasteiger partial charge in [-0.3, -0.25) is 4.79 Å². The van der Waals surface area contributed by atoms with Crippen LogP contribution in [0.4, 0.5) is 5.69 Å². The number of amides is 1. The molecule has 3 nitrogen and oxygen atoms in total. The number of carbonyl (C=O) groups is 1. The van der Waals surface area contributed by atoms with Crippen LogP contribution in [0, 0.1) is 0 Å². The van der Waals surface area contributed by atoms with Gasteiger partial charge in [-0.15, -0.1) is 0 Å². The van der Waals surface area contributed by atoms with E-state index in [1.54, 1.807) is 25.2 Å². The molecule has 0 atom stereocenters. The molecule has 0 radical (unpaired) electrons. The first-order valence-corrected chi connectivity index (χ1v) is 5.20. The molecule has 0 aromatic heterocycles.